The first-order valence-corrected chi connectivity index (χ1v) is 7.01. The molecule has 102 valence electrons. The van der Waals surface area contributed by atoms with Gasteiger partial charge >= 0.3 is 0 Å². The molecular weight excluding hydrogens is 272 g/mol. The lowest BCUT2D eigenvalue weighted by Gasteiger charge is -2.19. The average Bonchev–Trinajstić information content (AvgIpc) is 2.58. The van der Waals surface area contributed by atoms with Gasteiger partial charge in [0.15, 0.2) is 0 Å². The number of carbonyl (C=O) groups excluding carboxylic acids is 1. The van der Waals surface area contributed by atoms with E-state index in [1.165, 1.54) is 5.57 Å². The number of benzene rings is 1. The topological polar surface area (TPSA) is 32.7 Å². The second kappa shape index (κ2) is 5.25. The van der Waals surface area contributed by atoms with Gasteiger partial charge in [-0.1, -0.05) is 29.8 Å². The molecule has 0 saturated heterocycles. The van der Waals surface area contributed by atoms with Crippen molar-refractivity contribution < 1.29 is 4.79 Å². The standard InChI is InChI=1S/C16H15ClN2O/c1-19-14-8-7-12(17)9-13(14)16(18-10-15(19)20)11-5-3-2-4-6-11/h2-3,5,7-9H,4,6,10H2,1H3. The first-order chi connectivity index (χ1) is 9.66. The van der Waals surface area contributed by atoms with Gasteiger partial charge in [-0.15, -0.1) is 0 Å². The van der Waals surface area contributed by atoms with Gasteiger partial charge in [-0.25, -0.2) is 0 Å². The zero-order valence-electron chi connectivity index (χ0n) is 11.3. The molecule has 1 heterocycles. The van der Waals surface area contributed by atoms with Crippen LogP contribution in [-0.4, -0.2) is 25.2 Å². The Balaban J connectivity index is 2.17. The van der Waals surface area contributed by atoms with Gasteiger partial charge in [0.05, 0.1) is 11.4 Å². The molecule has 1 aliphatic heterocycles. The van der Waals surface area contributed by atoms with Gasteiger partial charge in [0.1, 0.15) is 6.54 Å². The Morgan fingerprint density at radius 2 is 2.20 bits per heavy atom. The number of hydrogen-bond donors (Lipinski definition) is 0. The van der Waals surface area contributed by atoms with E-state index >= 15 is 0 Å². The van der Waals surface area contributed by atoms with Crippen LogP contribution in [0.1, 0.15) is 18.4 Å². The number of aliphatic imine (C=N–C) groups is 1. The van der Waals surface area contributed by atoms with Gasteiger partial charge < -0.3 is 4.90 Å². The molecule has 2 aliphatic rings. The second-order valence-electron chi connectivity index (χ2n) is 4.94. The highest BCUT2D eigenvalue weighted by molar-refractivity contribution is 6.32. The molecule has 0 fully saturated rings. The molecule has 4 heteroatoms. The number of halogens is 1. The number of fused-ring (bicyclic) bond motifs is 1. The molecule has 0 radical (unpaired) electrons. The fraction of sp³-hybridized carbons (Fsp3) is 0.250. The molecular formula is C16H15ClN2O. The summed E-state index contributed by atoms with van der Waals surface area (Å²) in [5, 5.41) is 0.658. The number of nitrogens with zero attached hydrogens (tertiary/aromatic N) is 2. The van der Waals surface area contributed by atoms with E-state index < -0.39 is 0 Å². The summed E-state index contributed by atoms with van der Waals surface area (Å²) in [7, 11) is 1.78. The summed E-state index contributed by atoms with van der Waals surface area (Å²) in [4.78, 5) is 18.2. The van der Waals surface area contributed by atoms with Crippen LogP contribution in [0.15, 0.2) is 47.0 Å². The number of rotatable bonds is 1. The highest BCUT2D eigenvalue weighted by atomic mass is 35.5. The number of benzodiazepines with no additional fused rings is 1. The van der Waals surface area contributed by atoms with E-state index in [1.54, 1.807) is 11.9 Å². The van der Waals surface area contributed by atoms with E-state index in [4.69, 9.17) is 11.6 Å². The molecule has 1 aromatic rings. The van der Waals surface area contributed by atoms with E-state index in [2.05, 4.69) is 17.1 Å². The normalized spacial score (nSPS) is 18.3. The van der Waals surface area contributed by atoms with Crippen LogP contribution in [0, 0.1) is 0 Å². The lowest BCUT2D eigenvalue weighted by molar-refractivity contribution is -0.116. The van der Waals surface area contributed by atoms with Crippen LogP contribution < -0.4 is 4.90 Å². The number of carbonyl (C=O) groups is 1. The minimum absolute atomic E-state index is 0.00414. The number of likely N-dealkylation sites (N-methyl/N-ethyl adjacent to an activating group) is 1. The molecule has 0 aromatic heterocycles. The van der Waals surface area contributed by atoms with Crippen molar-refractivity contribution in [3.63, 3.8) is 0 Å². The highest BCUT2D eigenvalue weighted by Crippen LogP contribution is 2.30. The summed E-state index contributed by atoms with van der Waals surface area (Å²) in [5.74, 6) is -0.00414. The molecule has 3 rings (SSSR count). The lowest BCUT2D eigenvalue weighted by atomic mass is 9.94. The van der Waals surface area contributed by atoms with Gasteiger partial charge in [0.2, 0.25) is 5.91 Å². The monoisotopic (exact) mass is 286 g/mol. The molecule has 0 atom stereocenters. The molecule has 3 nitrogen and oxygen atoms in total. The second-order valence-corrected chi connectivity index (χ2v) is 5.37. The van der Waals surface area contributed by atoms with Crippen LogP contribution >= 0.6 is 11.6 Å². The Bertz CT molecular complexity index is 658. The fourth-order valence-corrected chi connectivity index (χ4v) is 2.71. The van der Waals surface area contributed by atoms with Gasteiger partial charge in [-0.05, 0) is 36.6 Å². The minimum Gasteiger partial charge on any atom is -0.313 e. The lowest BCUT2D eigenvalue weighted by Crippen LogP contribution is -2.27. The Kier molecular flexibility index (Phi) is 3.45. The molecule has 1 aromatic carbocycles. The van der Waals surface area contributed by atoms with Gasteiger partial charge in [-0.2, -0.15) is 0 Å². The van der Waals surface area contributed by atoms with Gasteiger partial charge in [0, 0.05) is 17.6 Å². The molecule has 1 amide bonds. The van der Waals surface area contributed by atoms with Crippen molar-refractivity contribution in [2.75, 3.05) is 18.5 Å². The maximum atomic E-state index is 12.0. The molecule has 0 N–H and O–H groups in total. The van der Waals surface area contributed by atoms with E-state index in [9.17, 15) is 4.79 Å². The highest BCUT2D eigenvalue weighted by Gasteiger charge is 2.23. The predicted molar refractivity (Wildman–Crippen MR) is 82.7 cm³/mol. The molecule has 0 spiro atoms. The zero-order chi connectivity index (χ0) is 14.1. The molecule has 20 heavy (non-hydrogen) atoms. The van der Waals surface area contributed by atoms with Crippen molar-refractivity contribution in [3.8, 4) is 0 Å². The third kappa shape index (κ3) is 2.29. The van der Waals surface area contributed by atoms with Crippen LogP contribution in [0.2, 0.25) is 5.02 Å². The molecule has 0 bridgehead atoms. The van der Waals surface area contributed by atoms with Crippen molar-refractivity contribution >= 4 is 28.9 Å². The summed E-state index contributed by atoms with van der Waals surface area (Å²) >= 11 is 6.13. The quantitative estimate of drug-likeness (QED) is 0.779. The molecule has 1 aliphatic carbocycles. The van der Waals surface area contributed by atoms with Crippen LogP contribution in [-0.2, 0) is 4.79 Å². The number of hydrogen-bond acceptors (Lipinski definition) is 2. The van der Waals surface area contributed by atoms with Gasteiger partial charge in [0.25, 0.3) is 0 Å². The summed E-state index contributed by atoms with van der Waals surface area (Å²) in [5.41, 5.74) is 3.86. The van der Waals surface area contributed by atoms with Gasteiger partial charge in [-0.3, -0.25) is 9.79 Å². The van der Waals surface area contributed by atoms with Crippen LogP contribution in [0.4, 0.5) is 5.69 Å². The number of anilines is 1. The van der Waals surface area contributed by atoms with Crippen molar-refractivity contribution in [1.29, 1.82) is 0 Å². The largest absolute Gasteiger partial charge is 0.313 e. The SMILES string of the molecule is CN1C(=O)CN=C(C2=CC=CCC2)c2cc(Cl)ccc21. The van der Waals surface area contributed by atoms with Crippen LogP contribution in [0.3, 0.4) is 0 Å². The van der Waals surface area contributed by atoms with Crippen LogP contribution in [0.25, 0.3) is 0 Å². The van der Waals surface area contributed by atoms with Crippen LogP contribution in [0.5, 0.6) is 0 Å². The molecule has 0 unspecified atom stereocenters. The van der Waals surface area contributed by atoms with E-state index in [1.807, 2.05) is 24.3 Å². The first-order valence-electron chi connectivity index (χ1n) is 6.64. The zero-order valence-corrected chi connectivity index (χ0v) is 12.0. The number of amides is 1. The van der Waals surface area contributed by atoms with Crippen molar-refractivity contribution in [2.45, 2.75) is 12.8 Å². The van der Waals surface area contributed by atoms with Crippen molar-refractivity contribution in [3.05, 3.63) is 52.6 Å². The Morgan fingerprint density at radius 1 is 1.35 bits per heavy atom. The van der Waals surface area contributed by atoms with E-state index in [0.717, 1.165) is 29.8 Å². The summed E-state index contributed by atoms with van der Waals surface area (Å²) in [6.45, 7) is 0.180. The number of allylic oxidation sites excluding steroid dienone is 4. The maximum absolute atomic E-state index is 12.0. The third-order valence-corrected chi connectivity index (χ3v) is 3.87. The predicted octanol–water partition coefficient (Wildman–Crippen LogP) is 3.38. The third-order valence-electron chi connectivity index (χ3n) is 3.64. The fourth-order valence-electron chi connectivity index (χ4n) is 2.54. The summed E-state index contributed by atoms with van der Waals surface area (Å²) in [6.07, 6.45) is 8.20. The van der Waals surface area contributed by atoms with Crippen molar-refractivity contribution in [2.24, 2.45) is 4.99 Å². The minimum atomic E-state index is -0.00414. The Morgan fingerprint density at radius 3 is 2.95 bits per heavy atom. The smallest absolute Gasteiger partial charge is 0.248 e. The molecule has 0 saturated carbocycles. The average molecular weight is 287 g/mol. The Labute approximate surface area is 123 Å². The van der Waals surface area contributed by atoms with E-state index in [0.29, 0.717) is 5.02 Å². The maximum Gasteiger partial charge on any atom is 0.248 e. The Hall–Kier alpha value is -1.87. The van der Waals surface area contributed by atoms with Crippen molar-refractivity contribution in [1.82, 2.24) is 0 Å². The summed E-state index contributed by atoms with van der Waals surface area (Å²) in [6, 6.07) is 5.59. The summed E-state index contributed by atoms with van der Waals surface area (Å²) < 4.78 is 0. The van der Waals surface area contributed by atoms with E-state index in [-0.39, 0.29) is 12.5 Å². The first kappa shape index (κ1) is 13.1.